The Balaban J connectivity index is 1.93. The van der Waals surface area contributed by atoms with Crippen LogP contribution in [-0.4, -0.2) is 39.6 Å². The molecule has 1 atom stereocenters. The molecular formula is C19H28N4O2S. The molecule has 1 amide bonds. The highest BCUT2D eigenvalue weighted by Crippen LogP contribution is 2.29. The second-order valence-corrected chi connectivity index (χ2v) is 7.26. The smallest absolute Gasteiger partial charge is 0.230 e. The van der Waals surface area contributed by atoms with E-state index in [1.54, 1.807) is 7.11 Å². The van der Waals surface area contributed by atoms with E-state index >= 15 is 0 Å². The average Bonchev–Trinajstić information content (AvgIpc) is 3.00. The van der Waals surface area contributed by atoms with Crippen LogP contribution < -0.4 is 10.1 Å². The van der Waals surface area contributed by atoms with Crippen molar-refractivity contribution < 1.29 is 9.53 Å². The number of aromatic nitrogens is 3. The number of unbranched alkanes of at least 4 members (excludes halogenated alkanes) is 2. The van der Waals surface area contributed by atoms with Gasteiger partial charge in [0.15, 0.2) is 11.0 Å². The van der Waals surface area contributed by atoms with Crippen LogP contribution in [0, 0.1) is 0 Å². The van der Waals surface area contributed by atoms with Gasteiger partial charge in [-0.25, -0.2) is 0 Å². The maximum absolute atomic E-state index is 12.1. The van der Waals surface area contributed by atoms with Crippen molar-refractivity contribution in [3.05, 3.63) is 24.3 Å². The molecule has 7 heteroatoms. The topological polar surface area (TPSA) is 69.0 Å². The van der Waals surface area contributed by atoms with Crippen LogP contribution in [0.15, 0.2) is 29.4 Å². The Labute approximate surface area is 159 Å². The lowest BCUT2D eigenvalue weighted by molar-refractivity contribution is -0.119. The van der Waals surface area contributed by atoms with Gasteiger partial charge in [-0.2, -0.15) is 0 Å². The molecule has 0 fully saturated rings. The van der Waals surface area contributed by atoms with E-state index in [0.717, 1.165) is 30.0 Å². The van der Waals surface area contributed by atoms with Gasteiger partial charge in [-0.3, -0.25) is 4.79 Å². The van der Waals surface area contributed by atoms with Gasteiger partial charge in [0, 0.05) is 13.1 Å². The Morgan fingerprint density at radius 3 is 2.81 bits per heavy atom. The number of nitrogens with one attached hydrogen (secondary N) is 1. The molecule has 0 aliphatic carbocycles. The van der Waals surface area contributed by atoms with Gasteiger partial charge in [-0.15, -0.1) is 10.2 Å². The Kier molecular flexibility index (Phi) is 7.97. The van der Waals surface area contributed by atoms with Gasteiger partial charge in [-0.1, -0.05) is 50.1 Å². The first-order valence-electron chi connectivity index (χ1n) is 9.01. The molecule has 1 aromatic carbocycles. The van der Waals surface area contributed by atoms with Crippen molar-refractivity contribution in [3.63, 3.8) is 0 Å². The van der Waals surface area contributed by atoms with E-state index in [1.165, 1.54) is 24.6 Å². The molecule has 0 saturated heterocycles. The van der Waals surface area contributed by atoms with Crippen molar-refractivity contribution in [2.45, 2.75) is 50.7 Å². The molecule has 1 heterocycles. The first-order valence-corrected chi connectivity index (χ1v) is 10.00. The lowest BCUT2D eigenvalue weighted by Gasteiger charge is -2.13. The predicted octanol–water partition coefficient (Wildman–Crippen LogP) is 3.67. The second-order valence-electron chi connectivity index (χ2n) is 6.32. The molecule has 1 N–H and O–H groups in total. The minimum absolute atomic E-state index is 0.0286. The zero-order valence-electron chi connectivity index (χ0n) is 16.0. The summed E-state index contributed by atoms with van der Waals surface area (Å²) in [6.07, 6.45) is 4.57. The Bertz CT molecular complexity index is 717. The number of amides is 1. The molecule has 0 aliphatic rings. The van der Waals surface area contributed by atoms with Crippen molar-refractivity contribution in [3.8, 4) is 17.1 Å². The van der Waals surface area contributed by atoms with Crippen LogP contribution in [0.2, 0.25) is 0 Å². The number of methoxy groups -OCH3 is 1. The Morgan fingerprint density at radius 2 is 2.08 bits per heavy atom. The first kappa shape index (κ1) is 20.3. The van der Waals surface area contributed by atoms with Gasteiger partial charge in [0.2, 0.25) is 5.91 Å². The highest BCUT2D eigenvalue weighted by Gasteiger charge is 2.16. The van der Waals surface area contributed by atoms with Crippen molar-refractivity contribution in [2.75, 3.05) is 12.9 Å². The minimum Gasteiger partial charge on any atom is -0.496 e. The molecule has 0 bridgehead atoms. The third-order valence-electron chi connectivity index (χ3n) is 4.16. The third kappa shape index (κ3) is 5.49. The lowest BCUT2D eigenvalue weighted by Crippen LogP contribution is -2.33. The first-order chi connectivity index (χ1) is 12.6. The van der Waals surface area contributed by atoms with Gasteiger partial charge in [-0.05, 0) is 25.5 Å². The minimum atomic E-state index is 0.0286. The number of hydrogen-bond acceptors (Lipinski definition) is 5. The number of carbonyl (C=O) groups excluding carboxylic acids is 1. The molecule has 0 spiro atoms. The summed E-state index contributed by atoms with van der Waals surface area (Å²) in [6.45, 7) is 4.24. The zero-order valence-corrected chi connectivity index (χ0v) is 16.8. The van der Waals surface area contributed by atoms with Crippen LogP contribution in [0.1, 0.15) is 39.5 Å². The summed E-state index contributed by atoms with van der Waals surface area (Å²) < 4.78 is 7.28. The fourth-order valence-corrected chi connectivity index (χ4v) is 3.45. The maximum Gasteiger partial charge on any atom is 0.230 e. The second kappa shape index (κ2) is 10.2. The maximum atomic E-state index is 12.1. The summed E-state index contributed by atoms with van der Waals surface area (Å²) in [5, 5.41) is 12.2. The number of rotatable bonds is 10. The van der Waals surface area contributed by atoms with Crippen molar-refractivity contribution >= 4 is 17.7 Å². The summed E-state index contributed by atoms with van der Waals surface area (Å²) in [6, 6.07) is 7.90. The largest absolute Gasteiger partial charge is 0.496 e. The standard InChI is InChI=1S/C19H28N4O2S/c1-5-6-7-10-14(2)20-17(24)13-26-19-22-21-18(23(19)3)15-11-8-9-12-16(15)25-4/h8-9,11-12,14H,5-7,10,13H2,1-4H3,(H,20,24). The number of thioether (sulfide) groups is 1. The van der Waals surface area contributed by atoms with Crippen LogP contribution in [-0.2, 0) is 11.8 Å². The summed E-state index contributed by atoms with van der Waals surface area (Å²) >= 11 is 1.39. The molecule has 0 radical (unpaired) electrons. The molecule has 142 valence electrons. The summed E-state index contributed by atoms with van der Waals surface area (Å²) in [7, 11) is 3.53. The lowest BCUT2D eigenvalue weighted by atomic mass is 10.1. The summed E-state index contributed by atoms with van der Waals surface area (Å²) in [5.74, 6) is 1.83. The van der Waals surface area contributed by atoms with Crippen LogP contribution in [0.3, 0.4) is 0 Å². The molecular weight excluding hydrogens is 348 g/mol. The number of para-hydroxylation sites is 1. The van der Waals surface area contributed by atoms with E-state index in [1.807, 2.05) is 35.9 Å². The molecule has 1 unspecified atom stereocenters. The highest BCUT2D eigenvalue weighted by atomic mass is 32.2. The Hall–Kier alpha value is -2.02. The van der Waals surface area contributed by atoms with Gasteiger partial charge in [0.25, 0.3) is 0 Å². The van der Waals surface area contributed by atoms with E-state index in [4.69, 9.17) is 4.74 Å². The van der Waals surface area contributed by atoms with Gasteiger partial charge in [0.1, 0.15) is 5.75 Å². The van der Waals surface area contributed by atoms with E-state index in [9.17, 15) is 4.79 Å². The van der Waals surface area contributed by atoms with Crippen LogP contribution in [0.4, 0.5) is 0 Å². The number of benzene rings is 1. The molecule has 2 rings (SSSR count). The SMILES string of the molecule is CCCCCC(C)NC(=O)CSc1nnc(-c2ccccc2OC)n1C. The van der Waals surface area contributed by atoms with Crippen molar-refractivity contribution in [1.82, 2.24) is 20.1 Å². The molecule has 2 aromatic rings. The number of hydrogen-bond donors (Lipinski definition) is 1. The molecule has 6 nitrogen and oxygen atoms in total. The summed E-state index contributed by atoms with van der Waals surface area (Å²) in [4.78, 5) is 12.1. The highest BCUT2D eigenvalue weighted by molar-refractivity contribution is 7.99. The van der Waals surface area contributed by atoms with Crippen LogP contribution >= 0.6 is 11.8 Å². The Morgan fingerprint density at radius 1 is 1.31 bits per heavy atom. The molecule has 26 heavy (non-hydrogen) atoms. The monoisotopic (exact) mass is 376 g/mol. The molecule has 0 saturated carbocycles. The normalized spacial score (nSPS) is 12.0. The van der Waals surface area contributed by atoms with Gasteiger partial charge in [0.05, 0.1) is 18.4 Å². The zero-order chi connectivity index (χ0) is 18.9. The van der Waals surface area contributed by atoms with Crippen molar-refractivity contribution in [2.24, 2.45) is 7.05 Å². The number of ether oxygens (including phenoxy) is 1. The fourth-order valence-electron chi connectivity index (χ4n) is 2.72. The number of nitrogens with zero attached hydrogens (tertiary/aromatic N) is 3. The van der Waals surface area contributed by atoms with Gasteiger partial charge >= 0.3 is 0 Å². The number of carbonyl (C=O) groups is 1. The fraction of sp³-hybridized carbons (Fsp3) is 0.526. The van der Waals surface area contributed by atoms with Crippen LogP contribution in [0.5, 0.6) is 5.75 Å². The quantitative estimate of drug-likeness (QED) is 0.506. The summed E-state index contributed by atoms with van der Waals surface area (Å²) in [5.41, 5.74) is 0.880. The third-order valence-corrected chi connectivity index (χ3v) is 5.18. The van der Waals surface area contributed by atoms with E-state index in [2.05, 4.69) is 29.4 Å². The molecule has 1 aromatic heterocycles. The van der Waals surface area contributed by atoms with E-state index < -0.39 is 0 Å². The predicted molar refractivity (Wildman–Crippen MR) is 105 cm³/mol. The van der Waals surface area contributed by atoms with E-state index in [0.29, 0.717) is 10.9 Å². The van der Waals surface area contributed by atoms with Crippen LogP contribution in [0.25, 0.3) is 11.4 Å². The van der Waals surface area contributed by atoms with Gasteiger partial charge < -0.3 is 14.6 Å². The van der Waals surface area contributed by atoms with E-state index in [-0.39, 0.29) is 11.9 Å². The molecule has 0 aliphatic heterocycles. The van der Waals surface area contributed by atoms with Crippen molar-refractivity contribution in [1.29, 1.82) is 0 Å². The average molecular weight is 377 g/mol.